The molecule has 1 heterocycles. The molecule has 2 aromatic rings. The monoisotopic (exact) mass is 234 g/mol. The van der Waals surface area contributed by atoms with Crippen LogP contribution >= 0.6 is 11.5 Å². The molecule has 0 spiro atoms. The summed E-state index contributed by atoms with van der Waals surface area (Å²) in [5, 5.41) is 4.44. The number of ether oxygens (including phenoxy) is 1. The summed E-state index contributed by atoms with van der Waals surface area (Å²) in [7, 11) is 0. The second-order valence-electron chi connectivity index (χ2n) is 3.17. The Hall–Kier alpha value is -1.88. The van der Waals surface area contributed by atoms with Crippen molar-refractivity contribution in [2.24, 2.45) is 0 Å². The van der Waals surface area contributed by atoms with Crippen molar-refractivity contribution < 1.29 is 9.53 Å². The third-order valence-corrected chi connectivity index (χ3v) is 2.67. The zero-order valence-electron chi connectivity index (χ0n) is 8.64. The molecule has 0 saturated heterocycles. The van der Waals surface area contributed by atoms with Crippen molar-refractivity contribution in [2.75, 3.05) is 5.32 Å². The average molecular weight is 234 g/mol. The standard InChI is InChI=1S/C11H10N2O2S/c1-8-7-16-13-10(8)12-11(14)15-9-5-3-2-4-6-9/h2-7H,1H3,(H,12,13,14). The maximum absolute atomic E-state index is 11.5. The highest BCUT2D eigenvalue weighted by molar-refractivity contribution is 7.04. The van der Waals surface area contributed by atoms with Crippen molar-refractivity contribution in [1.29, 1.82) is 0 Å². The van der Waals surface area contributed by atoms with Gasteiger partial charge >= 0.3 is 6.09 Å². The number of aromatic nitrogens is 1. The first kappa shape index (κ1) is 10.6. The zero-order chi connectivity index (χ0) is 11.4. The van der Waals surface area contributed by atoms with E-state index in [1.54, 1.807) is 24.3 Å². The number of aryl methyl sites for hydroxylation is 1. The molecule has 0 atom stereocenters. The summed E-state index contributed by atoms with van der Waals surface area (Å²) < 4.78 is 9.08. The number of anilines is 1. The summed E-state index contributed by atoms with van der Waals surface area (Å²) in [6, 6.07) is 8.89. The van der Waals surface area contributed by atoms with E-state index in [4.69, 9.17) is 4.74 Å². The number of benzene rings is 1. The van der Waals surface area contributed by atoms with Gasteiger partial charge in [0.05, 0.1) is 0 Å². The minimum Gasteiger partial charge on any atom is -0.410 e. The Balaban J connectivity index is 1.98. The predicted molar refractivity (Wildman–Crippen MR) is 62.9 cm³/mol. The van der Waals surface area contributed by atoms with Crippen molar-refractivity contribution in [3.05, 3.63) is 41.3 Å². The van der Waals surface area contributed by atoms with Gasteiger partial charge in [-0.3, -0.25) is 5.32 Å². The second-order valence-corrected chi connectivity index (χ2v) is 3.80. The molecule has 0 radical (unpaired) electrons. The number of hydrogen-bond donors (Lipinski definition) is 1. The van der Waals surface area contributed by atoms with Gasteiger partial charge in [0.1, 0.15) is 5.75 Å². The molecule has 1 amide bonds. The van der Waals surface area contributed by atoms with E-state index in [0.717, 1.165) is 5.56 Å². The maximum Gasteiger partial charge on any atom is 0.418 e. The Morgan fingerprint density at radius 3 is 2.75 bits per heavy atom. The van der Waals surface area contributed by atoms with Crippen LogP contribution in [0.1, 0.15) is 5.56 Å². The van der Waals surface area contributed by atoms with Crippen molar-refractivity contribution >= 4 is 23.4 Å². The molecule has 4 nitrogen and oxygen atoms in total. The third kappa shape index (κ3) is 2.58. The van der Waals surface area contributed by atoms with Crippen molar-refractivity contribution in [3.63, 3.8) is 0 Å². The van der Waals surface area contributed by atoms with Crippen molar-refractivity contribution in [3.8, 4) is 5.75 Å². The summed E-state index contributed by atoms with van der Waals surface area (Å²) in [6.07, 6.45) is -0.528. The topological polar surface area (TPSA) is 51.2 Å². The van der Waals surface area contributed by atoms with Gasteiger partial charge in [-0.2, -0.15) is 4.37 Å². The highest BCUT2D eigenvalue weighted by Gasteiger charge is 2.08. The molecule has 1 aromatic carbocycles. The van der Waals surface area contributed by atoms with Gasteiger partial charge in [0.15, 0.2) is 5.82 Å². The maximum atomic E-state index is 11.5. The van der Waals surface area contributed by atoms with Gasteiger partial charge in [-0.15, -0.1) is 0 Å². The lowest BCUT2D eigenvalue weighted by atomic mass is 10.3. The first-order chi connectivity index (χ1) is 7.75. The van der Waals surface area contributed by atoms with Crippen LogP contribution in [0.2, 0.25) is 0 Å². The van der Waals surface area contributed by atoms with E-state index < -0.39 is 6.09 Å². The summed E-state index contributed by atoms with van der Waals surface area (Å²) in [5.41, 5.74) is 0.926. The van der Waals surface area contributed by atoms with Crippen molar-refractivity contribution in [2.45, 2.75) is 6.92 Å². The highest BCUT2D eigenvalue weighted by atomic mass is 32.1. The van der Waals surface area contributed by atoms with Crippen LogP contribution in [0.5, 0.6) is 5.75 Å². The molecule has 5 heteroatoms. The molecule has 0 bridgehead atoms. The van der Waals surface area contributed by atoms with E-state index in [-0.39, 0.29) is 0 Å². The third-order valence-electron chi connectivity index (χ3n) is 1.92. The smallest absolute Gasteiger partial charge is 0.410 e. The van der Waals surface area contributed by atoms with Gasteiger partial charge in [0.25, 0.3) is 0 Å². The summed E-state index contributed by atoms with van der Waals surface area (Å²) in [4.78, 5) is 11.5. The molecule has 0 unspecified atom stereocenters. The average Bonchev–Trinajstić information content (AvgIpc) is 2.66. The lowest BCUT2D eigenvalue weighted by molar-refractivity contribution is 0.215. The van der Waals surface area contributed by atoms with Gasteiger partial charge in [0, 0.05) is 10.9 Å². The molecule has 1 aromatic heterocycles. The van der Waals surface area contributed by atoms with Crippen molar-refractivity contribution in [1.82, 2.24) is 4.37 Å². The molecule has 16 heavy (non-hydrogen) atoms. The van der Waals surface area contributed by atoms with Gasteiger partial charge < -0.3 is 4.74 Å². The van der Waals surface area contributed by atoms with Crippen LogP contribution in [-0.4, -0.2) is 10.5 Å². The second kappa shape index (κ2) is 4.76. The van der Waals surface area contributed by atoms with E-state index in [0.29, 0.717) is 11.6 Å². The lowest BCUT2D eigenvalue weighted by Gasteiger charge is -2.04. The van der Waals surface area contributed by atoms with E-state index in [1.807, 2.05) is 18.4 Å². The molecule has 82 valence electrons. The summed E-state index contributed by atoms with van der Waals surface area (Å²) in [5.74, 6) is 1.05. The van der Waals surface area contributed by atoms with E-state index in [2.05, 4.69) is 9.69 Å². The van der Waals surface area contributed by atoms with Crippen LogP contribution in [0.4, 0.5) is 10.6 Å². The SMILES string of the molecule is Cc1csnc1NC(=O)Oc1ccccc1. The number of nitrogens with one attached hydrogen (secondary N) is 1. The number of rotatable bonds is 2. The summed E-state index contributed by atoms with van der Waals surface area (Å²) in [6.45, 7) is 1.88. The van der Waals surface area contributed by atoms with Gasteiger partial charge in [-0.05, 0) is 30.6 Å². The Labute approximate surface area is 97.0 Å². The normalized spacial score (nSPS) is 9.81. The van der Waals surface area contributed by atoms with Crippen LogP contribution in [0.15, 0.2) is 35.7 Å². The van der Waals surface area contributed by atoms with Crippen LogP contribution in [0.25, 0.3) is 0 Å². The van der Waals surface area contributed by atoms with Gasteiger partial charge in [0.2, 0.25) is 0 Å². The quantitative estimate of drug-likeness (QED) is 0.868. The predicted octanol–water partition coefficient (Wildman–Crippen LogP) is 3.06. The number of carbonyl (C=O) groups excluding carboxylic acids is 1. The first-order valence-corrected chi connectivity index (χ1v) is 5.54. The number of nitrogens with zero attached hydrogens (tertiary/aromatic N) is 1. The largest absolute Gasteiger partial charge is 0.418 e. The fourth-order valence-electron chi connectivity index (χ4n) is 1.13. The Morgan fingerprint density at radius 2 is 2.12 bits per heavy atom. The molecule has 0 fully saturated rings. The van der Waals surface area contributed by atoms with Gasteiger partial charge in [-0.1, -0.05) is 18.2 Å². The molecule has 0 saturated carbocycles. The molecule has 2 rings (SSSR count). The molecule has 1 N–H and O–H groups in total. The van der Waals surface area contributed by atoms with Crippen LogP contribution < -0.4 is 10.1 Å². The molecule has 0 aliphatic rings. The Bertz CT molecular complexity index is 482. The van der Waals surface area contributed by atoms with Crippen LogP contribution in [0.3, 0.4) is 0 Å². The number of hydrogen-bond acceptors (Lipinski definition) is 4. The number of carbonyl (C=O) groups is 1. The van der Waals surface area contributed by atoms with E-state index >= 15 is 0 Å². The fraction of sp³-hybridized carbons (Fsp3) is 0.0909. The molecular formula is C11H10N2O2S. The van der Waals surface area contributed by atoms with Crippen LogP contribution in [-0.2, 0) is 0 Å². The summed E-state index contributed by atoms with van der Waals surface area (Å²) >= 11 is 1.29. The van der Waals surface area contributed by atoms with Crippen LogP contribution in [0, 0.1) is 6.92 Å². The Morgan fingerprint density at radius 1 is 1.38 bits per heavy atom. The van der Waals surface area contributed by atoms with E-state index in [1.165, 1.54) is 11.5 Å². The van der Waals surface area contributed by atoms with E-state index in [9.17, 15) is 4.79 Å². The lowest BCUT2D eigenvalue weighted by Crippen LogP contribution is -2.17. The molecule has 0 aliphatic carbocycles. The Kier molecular flexibility index (Phi) is 3.16. The highest BCUT2D eigenvalue weighted by Crippen LogP contribution is 2.15. The minimum atomic E-state index is -0.528. The number of para-hydroxylation sites is 1. The zero-order valence-corrected chi connectivity index (χ0v) is 9.45. The molecule has 0 aliphatic heterocycles. The molecular weight excluding hydrogens is 224 g/mol. The van der Waals surface area contributed by atoms with Gasteiger partial charge in [-0.25, -0.2) is 4.79 Å². The fourth-order valence-corrected chi connectivity index (χ4v) is 1.74. The number of amides is 1. The first-order valence-electron chi connectivity index (χ1n) is 4.70. The minimum absolute atomic E-state index is 0.507.